The number of fused-ring (bicyclic) bond motifs is 1. The van der Waals surface area contributed by atoms with Crippen LogP contribution in [0.5, 0.6) is 5.75 Å². The van der Waals surface area contributed by atoms with Crippen molar-refractivity contribution in [1.82, 2.24) is 24.4 Å². The average molecular weight is 567 g/mol. The molecule has 4 rings (SSSR count). The van der Waals surface area contributed by atoms with Crippen LogP contribution in [0.2, 0.25) is 5.02 Å². The van der Waals surface area contributed by atoms with Gasteiger partial charge in [0.2, 0.25) is 11.8 Å². The summed E-state index contributed by atoms with van der Waals surface area (Å²) in [6, 6.07) is 0.703. The molecule has 206 valence electrons. The van der Waals surface area contributed by atoms with Gasteiger partial charge in [-0.1, -0.05) is 11.6 Å². The molecular formula is C23H22ClF3N8O4. The summed E-state index contributed by atoms with van der Waals surface area (Å²) in [5.74, 6) is 0.459. The van der Waals surface area contributed by atoms with Gasteiger partial charge in [0.25, 0.3) is 5.56 Å². The number of anilines is 2. The third-order valence-corrected chi connectivity index (χ3v) is 5.75. The van der Waals surface area contributed by atoms with Crippen LogP contribution in [0, 0.1) is 5.41 Å². The fourth-order valence-corrected chi connectivity index (χ4v) is 3.74. The lowest BCUT2D eigenvalue weighted by Gasteiger charge is -2.15. The summed E-state index contributed by atoms with van der Waals surface area (Å²) in [6.07, 6.45) is 1.17. The van der Waals surface area contributed by atoms with Crippen molar-refractivity contribution < 1.29 is 27.4 Å². The van der Waals surface area contributed by atoms with Crippen LogP contribution in [-0.4, -0.2) is 51.9 Å². The summed E-state index contributed by atoms with van der Waals surface area (Å²) in [7, 11) is 4.30. The van der Waals surface area contributed by atoms with Gasteiger partial charge in [0, 0.05) is 27.4 Å². The van der Waals surface area contributed by atoms with Gasteiger partial charge in [-0.25, -0.2) is 9.98 Å². The third-order valence-electron chi connectivity index (χ3n) is 5.39. The van der Waals surface area contributed by atoms with Crippen molar-refractivity contribution >= 4 is 46.8 Å². The molecule has 0 fully saturated rings. The maximum absolute atomic E-state index is 13.3. The number of imidazole rings is 1. The zero-order valence-electron chi connectivity index (χ0n) is 20.8. The van der Waals surface area contributed by atoms with Gasteiger partial charge >= 0.3 is 6.18 Å². The number of hydrogen-bond donors (Lipinski definition) is 3. The minimum atomic E-state index is -4.65. The predicted octanol–water partition coefficient (Wildman–Crippen LogP) is 3.46. The van der Waals surface area contributed by atoms with Gasteiger partial charge in [-0.15, -0.1) is 0 Å². The Hall–Kier alpha value is -4.37. The molecule has 3 aromatic heterocycles. The molecule has 0 spiro atoms. The summed E-state index contributed by atoms with van der Waals surface area (Å²) >= 11 is 6.58. The number of halogens is 4. The summed E-state index contributed by atoms with van der Waals surface area (Å²) in [4.78, 5) is 25.1. The molecule has 0 bridgehead atoms. The largest absolute Gasteiger partial charge is 0.474 e. The SMILES string of the molecule is COCCOC1=CN/C(=C(\C=N)Oc2cnc3nc(Nc4cc(C(F)(F)F)cn(C)c4=O)n(C)c3c2Cl)C=N1. The van der Waals surface area contributed by atoms with Gasteiger partial charge in [0.05, 0.1) is 37.0 Å². The van der Waals surface area contributed by atoms with E-state index in [0.29, 0.717) is 37.1 Å². The zero-order valence-corrected chi connectivity index (χ0v) is 21.5. The smallest absolute Gasteiger partial charge is 0.417 e. The van der Waals surface area contributed by atoms with E-state index in [9.17, 15) is 18.0 Å². The van der Waals surface area contributed by atoms with Gasteiger partial charge in [0.1, 0.15) is 28.5 Å². The highest BCUT2D eigenvalue weighted by Crippen LogP contribution is 2.35. The third kappa shape index (κ3) is 5.88. The molecule has 0 atom stereocenters. The number of ether oxygens (including phenoxy) is 3. The fraction of sp³-hybridized carbons (Fsp3) is 0.261. The number of alkyl halides is 3. The second kappa shape index (κ2) is 11.2. The number of methoxy groups -OCH3 is 1. The Bertz CT molecular complexity index is 1580. The lowest BCUT2D eigenvalue weighted by molar-refractivity contribution is -0.138. The van der Waals surface area contributed by atoms with Crippen LogP contribution < -0.4 is 20.9 Å². The van der Waals surface area contributed by atoms with Gasteiger partial charge in [0.15, 0.2) is 17.2 Å². The van der Waals surface area contributed by atoms with E-state index in [-0.39, 0.29) is 39.3 Å². The second-order valence-electron chi connectivity index (χ2n) is 8.04. The molecule has 39 heavy (non-hydrogen) atoms. The van der Waals surface area contributed by atoms with Crippen molar-refractivity contribution in [3.8, 4) is 5.75 Å². The Morgan fingerprint density at radius 2 is 2.08 bits per heavy atom. The van der Waals surface area contributed by atoms with Gasteiger partial charge in [-0.05, 0) is 6.07 Å². The van der Waals surface area contributed by atoms with E-state index in [1.165, 1.54) is 37.3 Å². The van der Waals surface area contributed by atoms with E-state index < -0.39 is 17.3 Å². The van der Waals surface area contributed by atoms with Crippen LogP contribution in [0.3, 0.4) is 0 Å². The number of nitrogens with one attached hydrogen (secondary N) is 3. The van der Waals surface area contributed by atoms with Gasteiger partial charge in [-0.3, -0.25) is 4.79 Å². The highest BCUT2D eigenvalue weighted by molar-refractivity contribution is 6.36. The van der Waals surface area contributed by atoms with Crippen LogP contribution in [0.1, 0.15) is 5.56 Å². The van der Waals surface area contributed by atoms with Gasteiger partial charge < -0.3 is 39.4 Å². The van der Waals surface area contributed by atoms with E-state index >= 15 is 0 Å². The second-order valence-corrected chi connectivity index (χ2v) is 8.41. The molecule has 0 radical (unpaired) electrons. The first kappa shape index (κ1) is 27.7. The van der Waals surface area contributed by atoms with Crippen LogP contribution in [-0.2, 0) is 29.7 Å². The number of hydrogen-bond acceptors (Lipinski definition) is 10. The molecule has 0 aliphatic carbocycles. The molecule has 3 aromatic rings. The Morgan fingerprint density at radius 1 is 1.31 bits per heavy atom. The van der Waals surface area contributed by atoms with Crippen molar-refractivity contribution in [2.75, 3.05) is 25.6 Å². The van der Waals surface area contributed by atoms with Crippen LogP contribution in [0.25, 0.3) is 11.2 Å². The van der Waals surface area contributed by atoms with Crippen LogP contribution in [0.15, 0.2) is 51.8 Å². The average Bonchev–Trinajstić information content (AvgIpc) is 3.22. The molecule has 0 aromatic carbocycles. The Morgan fingerprint density at radius 3 is 2.72 bits per heavy atom. The normalized spacial score (nSPS) is 14.6. The van der Waals surface area contributed by atoms with E-state index in [1.54, 1.807) is 7.11 Å². The van der Waals surface area contributed by atoms with Crippen molar-refractivity contribution in [2.45, 2.75) is 6.18 Å². The number of nitrogens with zero attached hydrogens (tertiary/aromatic N) is 5. The molecule has 16 heteroatoms. The predicted molar refractivity (Wildman–Crippen MR) is 137 cm³/mol. The number of allylic oxidation sites excluding steroid dienone is 2. The van der Waals surface area contributed by atoms with Gasteiger partial charge in [-0.2, -0.15) is 18.2 Å². The van der Waals surface area contributed by atoms with E-state index in [1.807, 2.05) is 0 Å². The molecule has 1 aliphatic rings. The van der Waals surface area contributed by atoms with Crippen molar-refractivity contribution in [3.63, 3.8) is 0 Å². The first-order valence-electron chi connectivity index (χ1n) is 11.1. The maximum Gasteiger partial charge on any atom is 0.417 e. The van der Waals surface area contributed by atoms with Crippen molar-refractivity contribution in [2.24, 2.45) is 19.1 Å². The lowest BCUT2D eigenvalue weighted by Crippen LogP contribution is -2.23. The molecular weight excluding hydrogens is 545 g/mol. The number of pyridine rings is 2. The fourth-order valence-electron chi connectivity index (χ4n) is 3.44. The minimum Gasteiger partial charge on any atom is -0.474 e. The molecule has 0 amide bonds. The lowest BCUT2D eigenvalue weighted by atomic mass is 10.2. The van der Waals surface area contributed by atoms with E-state index in [0.717, 1.165) is 10.8 Å². The first-order chi connectivity index (χ1) is 18.5. The molecule has 12 nitrogen and oxygen atoms in total. The highest BCUT2D eigenvalue weighted by Gasteiger charge is 2.32. The monoisotopic (exact) mass is 566 g/mol. The molecule has 0 unspecified atom stereocenters. The quantitative estimate of drug-likeness (QED) is 0.203. The van der Waals surface area contributed by atoms with Crippen molar-refractivity contribution in [1.29, 1.82) is 5.41 Å². The maximum atomic E-state index is 13.3. The highest BCUT2D eigenvalue weighted by atomic mass is 35.5. The van der Waals surface area contributed by atoms with Crippen LogP contribution in [0.4, 0.5) is 24.8 Å². The minimum absolute atomic E-state index is 0.0193. The Labute approximate surface area is 223 Å². The Kier molecular flexibility index (Phi) is 7.92. The van der Waals surface area contributed by atoms with Crippen LogP contribution >= 0.6 is 11.6 Å². The summed E-state index contributed by atoms with van der Waals surface area (Å²) in [6.45, 7) is 0.694. The van der Waals surface area contributed by atoms with E-state index in [2.05, 4.69) is 25.6 Å². The van der Waals surface area contributed by atoms with Crippen molar-refractivity contribution in [3.05, 3.63) is 62.9 Å². The number of aromatic nitrogens is 4. The molecule has 0 saturated heterocycles. The molecule has 4 heterocycles. The molecule has 0 saturated carbocycles. The first-order valence-corrected chi connectivity index (χ1v) is 11.5. The zero-order chi connectivity index (χ0) is 28.3. The standard InChI is InChI=1S/C23H22ClF3N8O4/c1-34-11-12(23(25,26)27)6-13(21(34)36)32-22-33-20-19(35(22)2)18(24)16(9-31-20)39-15(7-28)14-8-30-17(10-29-14)38-5-4-37-3/h6-11,28-29H,4-5H2,1-3H3,(H,31,32,33)/b15-14+,28-7?. The summed E-state index contributed by atoms with van der Waals surface area (Å²) < 4.78 is 58.1. The number of rotatable bonds is 9. The molecule has 3 N–H and O–H groups in total. The number of aryl methyl sites for hydroxylation is 2. The number of aliphatic imine (C=N–C) groups is 1. The summed E-state index contributed by atoms with van der Waals surface area (Å²) in [5, 5.41) is 13.4. The van der Waals surface area contributed by atoms with E-state index in [4.69, 9.17) is 31.2 Å². The topological polar surface area (TPSA) is 141 Å². The summed E-state index contributed by atoms with van der Waals surface area (Å²) in [5.41, 5.74) is -1.28. The Balaban J connectivity index is 1.62. The molecule has 1 aliphatic heterocycles.